The van der Waals surface area contributed by atoms with Gasteiger partial charge in [0.15, 0.2) is 0 Å². The molecule has 0 rings (SSSR count). The number of rotatable bonds is 4. The van der Waals surface area contributed by atoms with Crippen molar-refractivity contribution in [2.75, 3.05) is 0 Å². The number of hydrogen-bond acceptors (Lipinski definition) is 2. The van der Waals surface area contributed by atoms with Crippen molar-refractivity contribution in [2.45, 2.75) is 39.2 Å². The Balaban J connectivity index is 4.04. The molecule has 0 aromatic carbocycles. The van der Waals surface area contributed by atoms with Gasteiger partial charge in [-0.05, 0) is 20.3 Å². The van der Waals surface area contributed by atoms with Crippen LogP contribution in [0.3, 0.4) is 0 Å². The Kier molecular flexibility index (Phi) is 4.22. The molecule has 0 N–H and O–H groups in total. The lowest BCUT2D eigenvalue weighted by Crippen LogP contribution is -2.28. The Morgan fingerprint density at radius 2 is 2.25 bits per heavy atom. The van der Waals surface area contributed by atoms with Crippen LogP contribution in [0.1, 0.15) is 33.6 Å². The zero-order valence-corrected chi connectivity index (χ0v) is 7.70. The molecule has 0 radical (unpaired) electrons. The number of nitrogens with zero attached hydrogens (tertiary/aromatic N) is 2. The quantitative estimate of drug-likeness (QED) is 0.277. The highest BCUT2D eigenvalue weighted by Gasteiger charge is 2.22. The third-order valence-electron chi connectivity index (χ3n) is 1.39. The maximum Gasteiger partial charge on any atom is 0.414 e. The lowest BCUT2D eigenvalue weighted by Gasteiger charge is -2.22. The van der Waals surface area contributed by atoms with E-state index in [1.807, 2.05) is 20.8 Å². The molecule has 0 bridgehead atoms. The molecule has 0 atom stereocenters. The molecule has 4 nitrogen and oxygen atoms in total. The summed E-state index contributed by atoms with van der Waals surface area (Å²) in [6.45, 7) is 5.65. The predicted octanol–water partition coefficient (Wildman–Crippen LogP) is 1.41. The highest BCUT2D eigenvalue weighted by atomic mass is 16.6. The molecule has 0 spiro atoms. The van der Waals surface area contributed by atoms with Crippen LogP contribution < -0.4 is 0 Å². The Hall–Kier alpha value is -1.15. The lowest BCUT2D eigenvalue weighted by molar-refractivity contribution is -0.151. The summed E-state index contributed by atoms with van der Waals surface area (Å²) in [6, 6.07) is 0. The molecule has 0 aromatic heterocycles. The SMILES string of the molecule is CCCC(C)(C)OC(=O)C=[N+]=[N-]. The second-order valence-electron chi connectivity index (χ2n) is 3.18. The van der Waals surface area contributed by atoms with E-state index in [0.29, 0.717) is 0 Å². The van der Waals surface area contributed by atoms with Gasteiger partial charge in [0.2, 0.25) is 0 Å². The lowest BCUT2D eigenvalue weighted by atomic mass is 10.0. The number of carbonyl (C=O) groups is 1. The molecule has 0 aliphatic heterocycles. The first-order valence-corrected chi connectivity index (χ1v) is 3.92. The molecular formula is C8H14N2O2. The maximum absolute atomic E-state index is 10.8. The van der Waals surface area contributed by atoms with E-state index in [1.165, 1.54) is 0 Å². The average molecular weight is 170 g/mol. The van der Waals surface area contributed by atoms with Crippen LogP contribution in [-0.2, 0) is 9.53 Å². The van der Waals surface area contributed by atoms with Crippen molar-refractivity contribution in [1.29, 1.82) is 0 Å². The van der Waals surface area contributed by atoms with E-state index in [9.17, 15) is 4.79 Å². The number of carbonyl (C=O) groups excluding carboxylic acids is 1. The van der Waals surface area contributed by atoms with E-state index in [4.69, 9.17) is 10.3 Å². The van der Waals surface area contributed by atoms with Crippen LogP contribution in [0, 0.1) is 0 Å². The molecule has 0 amide bonds. The fraction of sp³-hybridized carbons (Fsp3) is 0.750. The van der Waals surface area contributed by atoms with E-state index in [2.05, 4.69) is 4.79 Å². The molecule has 12 heavy (non-hydrogen) atoms. The van der Waals surface area contributed by atoms with Crippen LogP contribution in [-0.4, -0.2) is 22.6 Å². The minimum absolute atomic E-state index is 0.479. The van der Waals surface area contributed by atoms with Gasteiger partial charge < -0.3 is 10.3 Å². The molecular weight excluding hydrogens is 156 g/mol. The van der Waals surface area contributed by atoms with E-state index >= 15 is 0 Å². The van der Waals surface area contributed by atoms with Gasteiger partial charge in [0, 0.05) is 0 Å². The third-order valence-corrected chi connectivity index (χ3v) is 1.39. The van der Waals surface area contributed by atoms with Crippen LogP contribution in [0.15, 0.2) is 0 Å². The Bertz CT molecular complexity index is 205. The van der Waals surface area contributed by atoms with Crippen molar-refractivity contribution in [3.8, 4) is 0 Å². The molecule has 0 fully saturated rings. The van der Waals surface area contributed by atoms with Gasteiger partial charge in [-0.3, -0.25) is 0 Å². The Morgan fingerprint density at radius 3 is 2.67 bits per heavy atom. The summed E-state index contributed by atoms with van der Waals surface area (Å²) in [7, 11) is 0. The number of hydrogen-bond donors (Lipinski definition) is 0. The molecule has 0 aliphatic carbocycles. The molecule has 0 unspecified atom stereocenters. The first kappa shape index (κ1) is 10.8. The van der Waals surface area contributed by atoms with E-state index in [1.54, 1.807) is 0 Å². The highest BCUT2D eigenvalue weighted by Crippen LogP contribution is 2.15. The zero-order chi connectivity index (χ0) is 9.61. The summed E-state index contributed by atoms with van der Waals surface area (Å²) in [5, 5.41) is 0. The second-order valence-corrected chi connectivity index (χ2v) is 3.18. The van der Waals surface area contributed by atoms with Crippen LogP contribution >= 0.6 is 0 Å². The largest absolute Gasteiger partial charge is 0.451 e. The summed E-state index contributed by atoms with van der Waals surface area (Å²) < 4.78 is 4.97. The van der Waals surface area contributed by atoms with Crippen LogP contribution in [0.25, 0.3) is 5.53 Å². The van der Waals surface area contributed by atoms with Crippen LogP contribution in [0.2, 0.25) is 0 Å². The summed E-state index contributed by atoms with van der Waals surface area (Å²) in [4.78, 5) is 13.4. The van der Waals surface area contributed by atoms with Gasteiger partial charge in [0.1, 0.15) is 5.60 Å². The molecule has 0 heterocycles. The monoisotopic (exact) mass is 170 g/mol. The van der Waals surface area contributed by atoms with Crippen molar-refractivity contribution >= 4 is 12.2 Å². The molecule has 0 aromatic rings. The molecule has 4 heteroatoms. The highest BCUT2D eigenvalue weighted by molar-refractivity contribution is 6.20. The molecule has 0 saturated heterocycles. The van der Waals surface area contributed by atoms with Crippen LogP contribution in [0.4, 0.5) is 0 Å². The standard InChI is InChI=1S/C8H14N2O2/c1-4-5-8(2,3)12-7(11)6-10-9/h6H,4-5H2,1-3H3. The smallest absolute Gasteiger partial charge is 0.414 e. The average Bonchev–Trinajstić information content (AvgIpc) is 1.85. The zero-order valence-electron chi connectivity index (χ0n) is 7.70. The maximum atomic E-state index is 10.8. The molecule has 0 saturated carbocycles. The number of ether oxygens (including phenoxy) is 1. The van der Waals surface area contributed by atoms with Crippen LogP contribution in [0.5, 0.6) is 0 Å². The van der Waals surface area contributed by atoms with Gasteiger partial charge in [0.25, 0.3) is 0 Å². The van der Waals surface area contributed by atoms with Gasteiger partial charge in [-0.25, -0.2) is 4.79 Å². The van der Waals surface area contributed by atoms with Crippen molar-refractivity contribution in [2.24, 2.45) is 0 Å². The van der Waals surface area contributed by atoms with Gasteiger partial charge in [0.05, 0.1) is 0 Å². The van der Waals surface area contributed by atoms with Gasteiger partial charge in [-0.1, -0.05) is 13.3 Å². The first-order chi connectivity index (χ1) is 5.52. The Labute approximate surface area is 72.2 Å². The Morgan fingerprint density at radius 1 is 1.67 bits per heavy atom. The van der Waals surface area contributed by atoms with Crippen molar-refractivity contribution in [1.82, 2.24) is 0 Å². The van der Waals surface area contributed by atoms with Crippen molar-refractivity contribution < 1.29 is 14.3 Å². The normalized spacial score (nSPS) is 10.2. The van der Waals surface area contributed by atoms with E-state index < -0.39 is 11.6 Å². The minimum Gasteiger partial charge on any atom is -0.451 e. The minimum atomic E-state index is -0.615. The van der Waals surface area contributed by atoms with Crippen molar-refractivity contribution in [3.63, 3.8) is 0 Å². The fourth-order valence-electron chi connectivity index (χ4n) is 0.999. The fourth-order valence-corrected chi connectivity index (χ4v) is 0.999. The second kappa shape index (κ2) is 4.67. The topological polar surface area (TPSA) is 62.7 Å². The van der Waals surface area contributed by atoms with E-state index in [-0.39, 0.29) is 0 Å². The first-order valence-electron chi connectivity index (χ1n) is 3.92. The predicted molar refractivity (Wildman–Crippen MR) is 44.8 cm³/mol. The number of esters is 1. The summed E-state index contributed by atoms with van der Waals surface area (Å²) in [5.74, 6) is -0.615. The van der Waals surface area contributed by atoms with Gasteiger partial charge in [-0.15, -0.1) is 0 Å². The van der Waals surface area contributed by atoms with E-state index in [0.717, 1.165) is 19.1 Å². The molecule has 68 valence electrons. The molecule has 0 aliphatic rings. The third kappa shape index (κ3) is 4.63. The summed E-state index contributed by atoms with van der Waals surface area (Å²) in [6.07, 6.45) is 2.48. The summed E-state index contributed by atoms with van der Waals surface area (Å²) >= 11 is 0. The van der Waals surface area contributed by atoms with Crippen molar-refractivity contribution in [3.05, 3.63) is 5.53 Å². The van der Waals surface area contributed by atoms with Gasteiger partial charge >= 0.3 is 12.2 Å². The van der Waals surface area contributed by atoms with Gasteiger partial charge in [-0.2, -0.15) is 4.79 Å². The summed E-state index contributed by atoms with van der Waals surface area (Å²) in [5.41, 5.74) is 7.55.